The molecule has 10 nitrogen and oxygen atoms in total. The van der Waals surface area contributed by atoms with Crippen molar-refractivity contribution in [2.45, 2.75) is 44.1 Å². The lowest BCUT2D eigenvalue weighted by atomic mass is 9.94. The van der Waals surface area contributed by atoms with Crippen LogP contribution in [0.1, 0.15) is 43.3 Å². The maximum Gasteiger partial charge on any atom is 0.290 e. The van der Waals surface area contributed by atoms with Gasteiger partial charge in [0.25, 0.3) is 6.47 Å². The lowest BCUT2D eigenvalue weighted by Gasteiger charge is -2.39. The zero-order chi connectivity index (χ0) is 22.9. The average Bonchev–Trinajstić information content (AvgIpc) is 3.23. The van der Waals surface area contributed by atoms with Crippen LogP contribution in [0.15, 0.2) is 24.3 Å². The van der Waals surface area contributed by atoms with Gasteiger partial charge in [-0.05, 0) is 56.5 Å². The summed E-state index contributed by atoms with van der Waals surface area (Å²) in [6, 6.07) is 8.32. The Bertz CT molecular complexity index is 879. The fraction of sp³-hybridized carbons (Fsp3) is 0.545. The first-order valence-electron chi connectivity index (χ1n) is 10.8. The number of hydrogen-bond donors (Lipinski definition) is 2. The molecule has 3 N–H and O–H groups in total. The number of benzene rings is 1. The van der Waals surface area contributed by atoms with Gasteiger partial charge >= 0.3 is 0 Å². The SMILES string of the molecule is COc1ccc(-n2nc(CC(N)=O)nc2C2CCCN(C3CCOCC3)C2)cc1.O=CO. The largest absolute Gasteiger partial charge is 0.497 e. The van der Waals surface area contributed by atoms with Gasteiger partial charge < -0.3 is 20.3 Å². The predicted molar refractivity (Wildman–Crippen MR) is 117 cm³/mol. The molecule has 0 aliphatic carbocycles. The number of primary amides is 1. The molecule has 174 valence electrons. The van der Waals surface area contributed by atoms with Crippen molar-refractivity contribution < 1.29 is 24.2 Å². The van der Waals surface area contributed by atoms with Gasteiger partial charge in [0, 0.05) is 31.7 Å². The number of carbonyl (C=O) groups is 2. The zero-order valence-corrected chi connectivity index (χ0v) is 18.4. The summed E-state index contributed by atoms with van der Waals surface area (Å²) in [5, 5.41) is 11.5. The average molecular weight is 446 g/mol. The maximum absolute atomic E-state index is 11.4. The second kappa shape index (κ2) is 11.6. The summed E-state index contributed by atoms with van der Waals surface area (Å²) in [5.41, 5.74) is 6.30. The van der Waals surface area contributed by atoms with E-state index in [1.54, 1.807) is 7.11 Å². The standard InChI is InChI=1S/C21H29N5O3.CH2O2/c1-28-18-6-4-17(5-7-18)26-21(23-20(24-26)13-19(22)27)15-3-2-10-25(14-15)16-8-11-29-12-9-16;2-1-3/h4-7,15-16H,2-3,8-14H2,1H3,(H2,22,27);1H,(H,2,3). The molecule has 1 atom stereocenters. The van der Waals surface area contributed by atoms with Gasteiger partial charge in [0.05, 0.1) is 19.2 Å². The second-order valence-corrected chi connectivity index (χ2v) is 7.92. The summed E-state index contributed by atoms with van der Waals surface area (Å²) in [5.74, 6) is 2.02. The summed E-state index contributed by atoms with van der Waals surface area (Å²) < 4.78 is 12.7. The molecule has 3 heterocycles. The fourth-order valence-electron chi connectivity index (χ4n) is 4.38. The molecule has 0 bridgehead atoms. The molecule has 1 aromatic carbocycles. The Labute approximate surface area is 187 Å². The molecule has 2 aromatic rings. The fourth-order valence-corrected chi connectivity index (χ4v) is 4.38. The number of amides is 1. The highest BCUT2D eigenvalue weighted by Gasteiger charge is 2.31. The monoisotopic (exact) mass is 445 g/mol. The number of methoxy groups -OCH3 is 1. The van der Waals surface area contributed by atoms with E-state index in [-0.39, 0.29) is 18.8 Å². The lowest BCUT2D eigenvalue weighted by Crippen LogP contribution is -2.45. The molecule has 2 saturated heterocycles. The smallest absolute Gasteiger partial charge is 0.290 e. The minimum Gasteiger partial charge on any atom is -0.497 e. The van der Waals surface area contributed by atoms with Crippen molar-refractivity contribution in [3.8, 4) is 11.4 Å². The summed E-state index contributed by atoms with van der Waals surface area (Å²) in [6.45, 7) is 3.51. The Morgan fingerprint density at radius 1 is 1.28 bits per heavy atom. The molecular weight excluding hydrogens is 414 g/mol. The molecule has 10 heteroatoms. The van der Waals surface area contributed by atoms with Crippen LogP contribution in [0.3, 0.4) is 0 Å². The molecule has 1 unspecified atom stereocenters. The molecule has 0 spiro atoms. The van der Waals surface area contributed by atoms with Gasteiger partial charge in [-0.25, -0.2) is 9.67 Å². The van der Waals surface area contributed by atoms with Crippen LogP contribution in [0.2, 0.25) is 0 Å². The molecule has 2 aliphatic rings. The quantitative estimate of drug-likeness (QED) is 0.637. The van der Waals surface area contributed by atoms with Crippen LogP contribution < -0.4 is 10.5 Å². The molecule has 1 amide bonds. The molecular formula is C22H31N5O5. The number of nitrogens with two attached hydrogens (primary N) is 1. The highest BCUT2D eigenvalue weighted by atomic mass is 16.5. The van der Waals surface area contributed by atoms with Crippen molar-refractivity contribution in [2.75, 3.05) is 33.4 Å². The van der Waals surface area contributed by atoms with E-state index in [9.17, 15) is 4.79 Å². The van der Waals surface area contributed by atoms with Crippen molar-refractivity contribution in [1.29, 1.82) is 0 Å². The molecule has 2 aliphatic heterocycles. The highest BCUT2D eigenvalue weighted by Crippen LogP contribution is 2.30. The molecule has 1 aromatic heterocycles. The number of aromatic nitrogens is 3. The molecule has 32 heavy (non-hydrogen) atoms. The van der Waals surface area contributed by atoms with E-state index in [0.29, 0.717) is 11.9 Å². The Morgan fingerprint density at radius 3 is 2.59 bits per heavy atom. The third kappa shape index (κ3) is 6.04. The van der Waals surface area contributed by atoms with E-state index < -0.39 is 5.91 Å². The summed E-state index contributed by atoms with van der Waals surface area (Å²) >= 11 is 0. The number of rotatable bonds is 6. The van der Waals surface area contributed by atoms with Crippen LogP contribution in [0, 0.1) is 0 Å². The van der Waals surface area contributed by atoms with Crippen LogP contribution in [-0.2, 0) is 20.7 Å². The van der Waals surface area contributed by atoms with E-state index >= 15 is 0 Å². The van der Waals surface area contributed by atoms with E-state index in [2.05, 4.69) is 10.00 Å². The normalized spacial score (nSPS) is 19.6. The topological polar surface area (TPSA) is 133 Å². The van der Waals surface area contributed by atoms with Gasteiger partial charge in [-0.2, -0.15) is 5.10 Å². The van der Waals surface area contributed by atoms with Gasteiger partial charge in [0.2, 0.25) is 5.91 Å². The molecule has 0 radical (unpaired) electrons. The Balaban J connectivity index is 0.000000913. The van der Waals surface area contributed by atoms with Crippen LogP contribution >= 0.6 is 0 Å². The molecule has 4 rings (SSSR count). The zero-order valence-electron chi connectivity index (χ0n) is 18.4. The number of piperidine rings is 1. The molecule has 0 saturated carbocycles. The minimum absolute atomic E-state index is 0.0482. The van der Waals surface area contributed by atoms with Crippen LogP contribution in [0.5, 0.6) is 5.75 Å². The number of nitrogens with zero attached hydrogens (tertiary/aromatic N) is 4. The van der Waals surface area contributed by atoms with Gasteiger partial charge in [-0.1, -0.05) is 0 Å². The van der Waals surface area contributed by atoms with Gasteiger partial charge in [-0.3, -0.25) is 14.5 Å². The maximum atomic E-state index is 11.4. The van der Waals surface area contributed by atoms with Gasteiger partial charge in [0.1, 0.15) is 11.6 Å². The summed E-state index contributed by atoms with van der Waals surface area (Å²) in [4.78, 5) is 27.1. The Hall–Kier alpha value is -2.98. The highest BCUT2D eigenvalue weighted by molar-refractivity contribution is 5.75. The summed E-state index contributed by atoms with van der Waals surface area (Å²) in [7, 11) is 1.65. The van der Waals surface area contributed by atoms with Crippen LogP contribution in [0.4, 0.5) is 0 Å². The number of likely N-dealkylation sites (tertiary alicyclic amines) is 1. The van der Waals surface area contributed by atoms with E-state index in [1.165, 1.54) is 0 Å². The van der Waals surface area contributed by atoms with Crippen molar-refractivity contribution >= 4 is 12.4 Å². The van der Waals surface area contributed by atoms with Crippen molar-refractivity contribution in [3.63, 3.8) is 0 Å². The van der Waals surface area contributed by atoms with Crippen molar-refractivity contribution in [3.05, 3.63) is 35.9 Å². The molecule has 2 fully saturated rings. The van der Waals surface area contributed by atoms with Gasteiger partial charge in [0.15, 0.2) is 5.82 Å². The first kappa shape index (κ1) is 23.7. The van der Waals surface area contributed by atoms with E-state index in [4.69, 9.17) is 30.1 Å². The Morgan fingerprint density at radius 2 is 1.97 bits per heavy atom. The third-order valence-corrected chi connectivity index (χ3v) is 5.85. The Kier molecular flexibility index (Phi) is 8.57. The number of ether oxygens (including phenoxy) is 2. The van der Waals surface area contributed by atoms with Gasteiger partial charge in [-0.15, -0.1) is 0 Å². The van der Waals surface area contributed by atoms with Crippen molar-refractivity contribution in [1.82, 2.24) is 19.7 Å². The minimum atomic E-state index is -0.420. The summed E-state index contributed by atoms with van der Waals surface area (Å²) in [6.07, 6.45) is 4.41. The third-order valence-electron chi connectivity index (χ3n) is 5.85. The van der Waals surface area contributed by atoms with E-state index in [1.807, 2.05) is 28.9 Å². The first-order chi connectivity index (χ1) is 15.5. The van der Waals surface area contributed by atoms with Crippen molar-refractivity contribution in [2.24, 2.45) is 5.73 Å². The number of hydrogen-bond acceptors (Lipinski definition) is 7. The van der Waals surface area contributed by atoms with Crippen LogP contribution in [0.25, 0.3) is 5.69 Å². The lowest BCUT2D eigenvalue weighted by molar-refractivity contribution is -0.123. The number of carboxylic acid groups (broad SMARTS) is 1. The first-order valence-corrected chi connectivity index (χ1v) is 10.8. The second-order valence-electron chi connectivity index (χ2n) is 7.92. The van der Waals surface area contributed by atoms with Crippen LogP contribution in [-0.4, -0.2) is 76.6 Å². The number of carbonyl (C=O) groups excluding carboxylic acids is 1. The van der Waals surface area contributed by atoms with E-state index in [0.717, 1.165) is 69.2 Å². The predicted octanol–water partition coefficient (Wildman–Crippen LogP) is 1.36.